The van der Waals surface area contributed by atoms with E-state index in [9.17, 15) is 4.79 Å². The fraction of sp³-hybridized carbons (Fsp3) is 0.500. The number of halogens is 1. The Bertz CT molecular complexity index is 322. The first-order valence-electron chi connectivity index (χ1n) is 3.94. The van der Waals surface area contributed by atoms with Crippen molar-refractivity contribution >= 4 is 28.8 Å². The van der Waals surface area contributed by atoms with Crippen LogP contribution in [-0.2, 0) is 0 Å². The minimum Gasteiger partial charge on any atom is -0.349 e. The van der Waals surface area contributed by atoms with Gasteiger partial charge in [0.2, 0.25) is 0 Å². The summed E-state index contributed by atoms with van der Waals surface area (Å²) < 4.78 is 0.409. The molecule has 72 valence electrons. The number of nitrogens with zero attached hydrogens (tertiary/aromatic N) is 1. The number of carbonyl (C=O) groups excluding carboxylic acids is 1. The summed E-state index contributed by atoms with van der Waals surface area (Å²) in [5.41, 5.74) is 0.688. The molecule has 0 fully saturated rings. The second-order valence-electron chi connectivity index (χ2n) is 3.01. The van der Waals surface area contributed by atoms with Gasteiger partial charge < -0.3 is 5.32 Å². The Balaban J connectivity index is 2.82. The van der Waals surface area contributed by atoms with Crippen molar-refractivity contribution in [3.8, 4) is 0 Å². The number of nitrogens with one attached hydrogen (secondary N) is 1. The molecule has 3 nitrogen and oxygen atoms in total. The van der Waals surface area contributed by atoms with E-state index in [1.54, 1.807) is 6.92 Å². The molecule has 0 aromatic carbocycles. The number of rotatable bonds is 2. The van der Waals surface area contributed by atoms with Crippen molar-refractivity contribution in [2.45, 2.75) is 26.8 Å². The van der Waals surface area contributed by atoms with Crippen LogP contribution < -0.4 is 5.32 Å². The summed E-state index contributed by atoms with van der Waals surface area (Å²) in [7, 11) is 0. The standard InChI is InChI=1S/C8H11ClN2OS/c1-4(2)10-7(12)6-5(3)11-8(9)13-6/h4H,1-3H3,(H,10,12). The zero-order valence-corrected chi connectivity index (χ0v) is 9.29. The van der Waals surface area contributed by atoms with Gasteiger partial charge in [-0.25, -0.2) is 4.98 Å². The van der Waals surface area contributed by atoms with E-state index < -0.39 is 0 Å². The summed E-state index contributed by atoms with van der Waals surface area (Å²) in [6, 6.07) is 0.132. The topological polar surface area (TPSA) is 42.0 Å². The van der Waals surface area contributed by atoms with Gasteiger partial charge in [0.25, 0.3) is 5.91 Å². The molecule has 0 aliphatic rings. The molecule has 1 N–H and O–H groups in total. The predicted molar refractivity (Wildman–Crippen MR) is 54.5 cm³/mol. The highest BCUT2D eigenvalue weighted by atomic mass is 35.5. The minimum atomic E-state index is -0.100. The molecule has 1 aromatic rings. The normalized spacial score (nSPS) is 10.5. The van der Waals surface area contributed by atoms with E-state index in [-0.39, 0.29) is 11.9 Å². The Hall–Kier alpha value is -0.610. The third-order valence-electron chi connectivity index (χ3n) is 1.40. The summed E-state index contributed by atoms with van der Waals surface area (Å²) in [5, 5.41) is 2.79. The summed E-state index contributed by atoms with van der Waals surface area (Å²) in [6.07, 6.45) is 0. The number of hydrogen-bond acceptors (Lipinski definition) is 3. The molecule has 0 atom stereocenters. The van der Waals surface area contributed by atoms with Gasteiger partial charge in [0.1, 0.15) is 4.88 Å². The average molecular weight is 219 g/mol. The van der Waals surface area contributed by atoms with Crippen LogP contribution in [0.2, 0.25) is 4.47 Å². The molecule has 0 unspecified atom stereocenters. The lowest BCUT2D eigenvalue weighted by Gasteiger charge is -2.06. The first-order valence-corrected chi connectivity index (χ1v) is 5.14. The van der Waals surface area contributed by atoms with Crippen molar-refractivity contribution in [3.63, 3.8) is 0 Å². The van der Waals surface area contributed by atoms with E-state index in [4.69, 9.17) is 11.6 Å². The highest BCUT2D eigenvalue weighted by Crippen LogP contribution is 2.21. The maximum absolute atomic E-state index is 11.5. The molecule has 0 bridgehead atoms. The van der Waals surface area contributed by atoms with E-state index in [1.165, 1.54) is 11.3 Å². The molecule has 0 spiro atoms. The molecule has 0 aliphatic carbocycles. The molecule has 1 rings (SSSR count). The Morgan fingerprint density at radius 2 is 2.23 bits per heavy atom. The van der Waals surface area contributed by atoms with Crippen LogP contribution in [-0.4, -0.2) is 16.9 Å². The van der Waals surface area contributed by atoms with Crippen molar-refractivity contribution in [1.82, 2.24) is 10.3 Å². The maximum atomic E-state index is 11.5. The zero-order chi connectivity index (χ0) is 10.0. The van der Waals surface area contributed by atoms with Crippen LogP contribution in [0.4, 0.5) is 0 Å². The summed E-state index contributed by atoms with van der Waals surface area (Å²) in [4.78, 5) is 16.0. The van der Waals surface area contributed by atoms with Gasteiger partial charge in [-0.05, 0) is 20.8 Å². The SMILES string of the molecule is Cc1nc(Cl)sc1C(=O)NC(C)C. The van der Waals surface area contributed by atoms with Crippen LogP contribution >= 0.6 is 22.9 Å². The van der Waals surface area contributed by atoms with Gasteiger partial charge in [0, 0.05) is 6.04 Å². The highest BCUT2D eigenvalue weighted by molar-refractivity contribution is 7.17. The molecule has 0 aliphatic heterocycles. The van der Waals surface area contributed by atoms with Crippen molar-refractivity contribution in [2.75, 3.05) is 0 Å². The maximum Gasteiger partial charge on any atom is 0.263 e. The summed E-state index contributed by atoms with van der Waals surface area (Å²) in [6.45, 7) is 5.60. The van der Waals surface area contributed by atoms with E-state index in [0.717, 1.165) is 0 Å². The van der Waals surface area contributed by atoms with Crippen LogP contribution in [0.1, 0.15) is 29.2 Å². The molecule has 0 radical (unpaired) electrons. The van der Waals surface area contributed by atoms with E-state index in [1.807, 2.05) is 13.8 Å². The van der Waals surface area contributed by atoms with Crippen LogP contribution in [0, 0.1) is 6.92 Å². The third-order valence-corrected chi connectivity index (χ3v) is 2.66. The van der Waals surface area contributed by atoms with E-state index in [0.29, 0.717) is 15.0 Å². The molecule has 0 saturated heterocycles. The van der Waals surface area contributed by atoms with E-state index >= 15 is 0 Å². The molecule has 13 heavy (non-hydrogen) atoms. The summed E-state index contributed by atoms with van der Waals surface area (Å²) in [5.74, 6) is -0.100. The lowest BCUT2D eigenvalue weighted by atomic mass is 10.3. The number of thiazole rings is 1. The van der Waals surface area contributed by atoms with Crippen molar-refractivity contribution in [3.05, 3.63) is 15.0 Å². The fourth-order valence-corrected chi connectivity index (χ4v) is 1.96. The van der Waals surface area contributed by atoms with Gasteiger partial charge in [-0.15, -0.1) is 0 Å². The largest absolute Gasteiger partial charge is 0.349 e. The molecular formula is C8H11ClN2OS. The summed E-state index contributed by atoms with van der Waals surface area (Å²) >= 11 is 6.88. The molecule has 0 saturated carbocycles. The van der Waals surface area contributed by atoms with E-state index in [2.05, 4.69) is 10.3 Å². The lowest BCUT2D eigenvalue weighted by molar-refractivity contribution is 0.0946. The Morgan fingerprint density at radius 1 is 1.62 bits per heavy atom. The second kappa shape index (κ2) is 4.07. The number of amides is 1. The monoisotopic (exact) mass is 218 g/mol. The van der Waals surface area contributed by atoms with Crippen molar-refractivity contribution in [2.24, 2.45) is 0 Å². The number of aromatic nitrogens is 1. The van der Waals surface area contributed by atoms with Gasteiger partial charge in [-0.3, -0.25) is 4.79 Å². The van der Waals surface area contributed by atoms with Gasteiger partial charge in [0.05, 0.1) is 5.69 Å². The second-order valence-corrected chi connectivity index (χ2v) is 4.59. The first kappa shape index (κ1) is 10.5. The zero-order valence-electron chi connectivity index (χ0n) is 7.72. The van der Waals surface area contributed by atoms with Gasteiger partial charge in [-0.1, -0.05) is 22.9 Å². The van der Waals surface area contributed by atoms with Crippen LogP contribution in [0.5, 0.6) is 0 Å². The van der Waals surface area contributed by atoms with Gasteiger partial charge >= 0.3 is 0 Å². The lowest BCUT2D eigenvalue weighted by Crippen LogP contribution is -2.29. The number of carbonyl (C=O) groups is 1. The van der Waals surface area contributed by atoms with Gasteiger partial charge in [-0.2, -0.15) is 0 Å². The van der Waals surface area contributed by atoms with Crippen molar-refractivity contribution in [1.29, 1.82) is 0 Å². The molecule has 1 amide bonds. The molecule has 5 heteroatoms. The third kappa shape index (κ3) is 2.67. The minimum absolute atomic E-state index is 0.100. The smallest absolute Gasteiger partial charge is 0.263 e. The molecular weight excluding hydrogens is 208 g/mol. The first-order chi connectivity index (χ1) is 6.00. The van der Waals surface area contributed by atoms with Crippen LogP contribution in [0.25, 0.3) is 0 Å². The molecule has 1 aromatic heterocycles. The van der Waals surface area contributed by atoms with Gasteiger partial charge in [0.15, 0.2) is 4.47 Å². The predicted octanol–water partition coefficient (Wildman–Crippen LogP) is 2.24. The highest BCUT2D eigenvalue weighted by Gasteiger charge is 2.14. The number of aryl methyl sites for hydroxylation is 1. The Kier molecular flexibility index (Phi) is 3.27. The van der Waals surface area contributed by atoms with Crippen LogP contribution in [0.3, 0.4) is 0 Å². The fourth-order valence-electron chi connectivity index (χ4n) is 0.902. The average Bonchev–Trinajstić information content (AvgIpc) is 2.28. The molecule has 1 heterocycles. The van der Waals surface area contributed by atoms with Crippen molar-refractivity contribution < 1.29 is 4.79 Å². The number of hydrogen-bond donors (Lipinski definition) is 1. The quantitative estimate of drug-likeness (QED) is 0.828. The Labute approximate surface area is 86.1 Å². The van der Waals surface area contributed by atoms with Crippen LogP contribution in [0.15, 0.2) is 0 Å². The Morgan fingerprint density at radius 3 is 2.62 bits per heavy atom.